The number of imidazole rings is 1. The molecule has 10 heteroatoms. The Labute approximate surface area is 189 Å². The number of rotatable bonds is 4. The molecule has 1 aliphatic rings. The van der Waals surface area contributed by atoms with Crippen LogP contribution in [0.25, 0.3) is 33.2 Å². The molecular weight excluding hydrogens is 424 g/mol. The summed E-state index contributed by atoms with van der Waals surface area (Å²) in [6, 6.07) is 5.54. The van der Waals surface area contributed by atoms with E-state index >= 15 is 0 Å². The SMILES string of the molecule is COc1ccc(-c2cc3c(cn2)ncc2c3n(C3CCN(C(=O)CO)CC3)c(=O)n2C)cn1. The molecule has 0 unspecified atom stereocenters. The third kappa shape index (κ3) is 3.52. The number of likely N-dealkylation sites (tertiary alicyclic amines) is 1. The molecule has 1 amide bonds. The van der Waals surface area contributed by atoms with Gasteiger partial charge in [0, 0.05) is 49.4 Å². The molecule has 10 nitrogen and oxygen atoms in total. The number of aliphatic hydroxyl groups is 1. The lowest BCUT2D eigenvalue weighted by atomic mass is 10.0. The molecule has 1 aliphatic heterocycles. The second kappa shape index (κ2) is 8.28. The molecule has 1 N–H and O–H groups in total. The molecule has 0 aliphatic carbocycles. The quantitative estimate of drug-likeness (QED) is 0.503. The highest BCUT2D eigenvalue weighted by atomic mass is 16.5. The smallest absolute Gasteiger partial charge is 0.329 e. The Bertz CT molecular complexity index is 1400. The molecule has 0 spiro atoms. The first-order valence-electron chi connectivity index (χ1n) is 10.8. The van der Waals surface area contributed by atoms with Gasteiger partial charge in [-0.25, -0.2) is 9.78 Å². The minimum absolute atomic E-state index is 0.0613. The average Bonchev–Trinajstić information content (AvgIpc) is 3.13. The molecule has 0 saturated carbocycles. The standard InChI is InChI=1S/C23H24N6O4/c1-27-19-12-25-18-11-24-17(14-3-4-20(33-2)26-10-14)9-16(18)22(19)29(23(27)32)15-5-7-28(8-6-15)21(31)13-30/h3-4,9-12,15,30H,5-8,13H2,1-2H3. The van der Waals surface area contributed by atoms with Crippen LogP contribution in [0.1, 0.15) is 18.9 Å². The van der Waals surface area contributed by atoms with Crippen molar-refractivity contribution in [1.82, 2.24) is 29.0 Å². The van der Waals surface area contributed by atoms with Crippen molar-refractivity contribution in [3.63, 3.8) is 0 Å². The second-order valence-electron chi connectivity index (χ2n) is 8.15. The Hall–Kier alpha value is -3.79. The summed E-state index contributed by atoms with van der Waals surface area (Å²) in [5, 5.41) is 9.99. The fourth-order valence-corrected chi connectivity index (χ4v) is 4.55. The van der Waals surface area contributed by atoms with E-state index in [1.165, 1.54) is 0 Å². The van der Waals surface area contributed by atoms with Crippen molar-refractivity contribution in [2.75, 3.05) is 26.8 Å². The van der Waals surface area contributed by atoms with Crippen molar-refractivity contribution in [2.45, 2.75) is 18.9 Å². The summed E-state index contributed by atoms with van der Waals surface area (Å²) in [6.45, 7) is 0.506. The van der Waals surface area contributed by atoms with Crippen molar-refractivity contribution in [3.8, 4) is 17.1 Å². The number of pyridine rings is 3. The number of piperidine rings is 1. The van der Waals surface area contributed by atoms with Gasteiger partial charge in [-0.1, -0.05) is 0 Å². The number of hydrogen-bond donors (Lipinski definition) is 1. The van der Waals surface area contributed by atoms with Crippen molar-refractivity contribution in [1.29, 1.82) is 0 Å². The Morgan fingerprint density at radius 3 is 2.61 bits per heavy atom. The monoisotopic (exact) mass is 448 g/mol. The van der Waals surface area contributed by atoms with Crippen LogP contribution in [-0.2, 0) is 11.8 Å². The average molecular weight is 448 g/mol. The third-order valence-electron chi connectivity index (χ3n) is 6.36. The fraction of sp³-hybridized carbons (Fsp3) is 0.348. The van der Waals surface area contributed by atoms with Crippen LogP contribution in [0.2, 0.25) is 0 Å². The predicted octanol–water partition coefficient (Wildman–Crippen LogP) is 1.51. The number of fused-ring (bicyclic) bond motifs is 3. The number of ether oxygens (including phenoxy) is 1. The predicted molar refractivity (Wildman–Crippen MR) is 122 cm³/mol. The number of methoxy groups -OCH3 is 1. The number of carbonyl (C=O) groups excluding carboxylic acids is 1. The van der Waals surface area contributed by atoms with Crippen LogP contribution < -0.4 is 10.4 Å². The van der Waals surface area contributed by atoms with Gasteiger partial charge in [0.25, 0.3) is 0 Å². The molecule has 5 rings (SSSR count). The van der Waals surface area contributed by atoms with E-state index in [-0.39, 0.29) is 17.6 Å². The minimum Gasteiger partial charge on any atom is -0.481 e. The highest BCUT2D eigenvalue weighted by Crippen LogP contribution is 2.31. The van der Waals surface area contributed by atoms with Gasteiger partial charge >= 0.3 is 5.69 Å². The van der Waals surface area contributed by atoms with E-state index in [0.29, 0.717) is 37.3 Å². The molecule has 0 aromatic carbocycles. The highest BCUT2D eigenvalue weighted by Gasteiger charge is 2.27. The summed E-state index contributed by atoms with van der Waals surface area (Å²) in [7, 11) is 3.31. The number of carbonyl (C=O) groups is 1. The first-order chi connectivity index (χ1) is 16.0. The van der Waals surface area contributed by atoms with Crippen LogP contribution >= 0.6 is 0 Å². The molecule has 5 heterocycles. The lowest BCUT2D eigenvalue weighted by Gasteiger charge is -2.32. The first kappa shape index (κ1) is 21.1. The maximum atomic E-state index is 13.3. The Balaban J connectivity index is 1.63. The molecular formula is C23H24N6O4. The van der Waals surface area contributed by atoms with Crippen molar-refractivity contribution < 1.29 is 14.6 Å². The topological polar surface area (TPSA) is 115 Å². The van der Waals surface area contributed by atoms with Gasteiger partial charge in [0.2, 0.25) is 11.8 Å². The zero-order valence-corrected chi connectivity index (χ0v) is 18.4. The molecule has 1 fully saturated rings. The van der Waals surface area contributed by atoms with E-state index in [9.17, 15) is 9.59 Å². The third-order valence-corrected chi connectivity index (χ3v) is 6.36. The van der Waals surface area contributed by atoms with Gasteiger partial charge in [-0.2, -0.15) is 0 Å². The van der Waals surface area contributed by atoms with E-state index in [1.54, 1.807) is 48.3 Å². The number of aryl methyl sites for hydroxylation is 1. The molecule has 1 saturated heterocycles. The highest BCUT2D eigenvalue weighted by molar-refractivity contribution is 6.03. The van der Waals surface area contributed by atoms with Crippen LogP contribution in [0, 0.1) is 0 Å². The molecule has 4 aromatic heterocycles. The van der Waals surface area contributed by atoms with Gasteiger partial charge in [0.15, 0.2) is 0 Å². The zero-order chi connectivity index (χ0) is 23.1. The first-order valence-corrected chi connectivity index (χ1v) is 10.8. The maximum absolute atomic E-state index is 13.3. The van der Waals surface area contributed by atoms with Gasteiger partial charge in [0.1, 0.15) is 6.61 Å². The van der Waals surface area contributed by atoms with Crippen LogP contribution in [0.3, 0.4) is 0 Å². The number of nitrogens with zero attached hydrogens (tertiary/aromatic N) is 6. The zero-order valence-electron chi connectivity index (χ0n) is 18.4. The van der Waals surface area contributed by atoms with Crippen molar-refractivity contribution in [2.24, 2.45) is 7.05 Å². The summed E-state index contributed by atoms with van der Waals surface area (Å²) in [6.07, 6.45) is 6.38. The number of aromatic nitrogens is 5. The lowest BCUT2D eigenvalue weighted by molar-refractivity contribution is -0.135. The number of amides is 1. The van der Waals surface area contributed by atoms with Crippen LogP contribution in [0.4, 0.5) is 0 Å². The largest absolute Gasteiger partial charge is 0.481 e. The Kier molecular flexibility index (Phi) is 5.29. The molecule has 4 aromatic rings. The van der Waals surface area contributed by atoms with Crippen molar-refractivity contribution in [3.05, 3.63) is 47.3 Å². The van der Waals surface area contributed by atoms with Gasteiger partial charge in [-0.15, -0.1) is 0 Å². The van der Waals surface area contributed by atoms with E-state index in [1.807, 2.05) is 16.7 Å². The Morgan fingerprint density at radius 2 is 1.94 bits per heavy atom. The van der Waals surface area contributed by atoms with E-state index in [4.69, 9.17) is 9.84 Å². The summed E-state index contributed by atoms with van der Waals surface area (Å²) >= 11 is 0. The normalized spacial score (nSPS) is 14.8. The molecule has 0 atom stereocenters. The van der Waals surface area contributed by atoms with Gasteiger partial charge in [0.05, 0.1) is 41.7 Å². The molecule has 170 valence electrons. The summed E-state index contributed by atoms with van der Waals surface area (Å²) in [4.78, 5) is 40.1. The second-order valence-corrected chi connectivity index (χ2v) is 8.15. The molecule has 0 radical (unpaired) electrons. The number of aliphatic hydroxyl groups excluding tert-OH is 1. The van der Waals surface area contributed by atoms with Gasteiger partial charge in [-0.05, 0) is 25.0 Å². The summed E-state index contributed by atoms with van der Waals surface area (Å²) in [5.41, 5.74) is 3.68. The molecule has 33 heavy (non-hydrogen) atoms. The lowest BCUT2D eigenvalue weighted by Crippen LogP contribution is -2.42. The van der Waals surface area contributed by atoms with E-state index in [2.05, 4.69) is 15.0 Å². The number of hydrogen-bond acceptors (Lipinski definition) is 7. The van der Waals surface area contributed by atoms with Gasteiger partial charge in [-0.3, -0.25) is 23.9 Å². The maximum Gasteiger partial charge on any atom is 0.329 e. The summed E-state index contributed by atoms with van der Waals surface area (Å²) < 4.78 is 8.58. The van der Waals surface area contributed by atoms with Crippen LogP contribution in [0.15, 0.2) is 41.6 Å². The summed E-state index contributed by atoms with van der Waals surface area (Å²) in [5.74, 6) is 0.240. The van der Waals surface area contributed by atoms with Crippen LogP contribution in [0.5, 0.6) is 5.88 Å². The van der Waals surface area contributed by atoms with Crippen molar-refractivity contribution >= 4 is 27.8 Å². The Morgan fingerprint density at radius 1 is 1.15 bits per heavy atom. The van der Waals surface area contributed by atoms with Crippen LogP contribution in [-0.4, -0.2) is 66.8 Å². The minimum atomic E-state index is -0.495. The van der Waals surface area contributed by atoms with E-state index in [0.717, 1.165) is 27.7 Å². The van der Waals surface area contributed by atoms with E-state index < -0.39 is 6.61 Å². The van der Waals surface area contributed by atoms with Gasteiger partial charge < -0.3 is 14.7 Å². The molecule has 0 bridgehead atoms. The fourth-order valence-electron chi connectivity index (χ4n) is 4.55.